The van der Waals surface area contributed by atoms with Crippen molar-refractivity contribution in [3.63, 3.8) is 0 Å². The molecule has 3 heterocycles. The number of carbonyl (C=O) groups excluding carboxylic acids is 1. The van der Waals surface area contributed by atoms with Crippen molar-refractivity contribution in [2.24, 2.45) is 5.92 Å². The van der Waals surface area contributed by atoms with Crippen LogP contribution in [0.15, 0.2) is 46.7 Å². The van der Waals surface area contributed by atoms with Crippen LogP contribution in [0.4, 0.5) is 0 Å². The SMILES string of the molecule is Cc1ccc(S(=O)(=O)N2CCCC(C(=O)NC(CN3CCN(C)CC3)c3ccccc3)C2)s1. The molecule has 1 aromatic carbocycles. The third-order valence-electron chi connectivity index (χ3n) is 6.62. The summed E-state index contributed by atoms with van der Waals surface area (Å²) in [6.07, 6.45) is 1.40. The van der Waals surface area contributed by atoms with Crippen molar-refractivity contribution in [2.75, 3.05) is 52.9 Å². The lowest BCUT2D eigenvalue weighted by atomic mass is 9.97. The molecule has 2 fully saturated rings. The molecule has 0 radical (unpaired) electrons. The number of nitrogens with zero attached hydrogens (tertiary/aromatic N) is 3. The van der Waals surface area contributed by atoms with Crippen LogP contribution in [0, 0.1) is 12.8 Å². The second-order valence-corrected chi connectivity index (χ2v) is 12.6. The molecule has 2 aromatic rings. The number of piperazine rings is 1. The molecule has 0 aliphatic carbocycles. The van der Waals surface area contributed by atoms with Crippen molar-refractivity contribution in [3.8, 4) is 0 Å². The zero-order valence-corrected chi connectivity index (χ0v) is 21.1. The summed E-state index contributed by atoms with van der Waals surface area (Å²) in [7, 11) is -1.42. The number of nitrogens with one attached hydrogen (secondary N) is 1. The van der Waals surface area contributed by atoms with Gasteiger partial charge in [-0.05, 0) is 44.5 Å². The smallest absolute Gasteiger partial charge is 0.252 e. The number of carbonyl (C=O) groups is 1. The highest BCUT2D eigenvalue weighted by molar-refractivity contribution is 7.91. The molecule has 0 bridgehead atoms. The van der Waals surface area contributed by atoms with Gasteiger partial charge in [0.1, 0.15) is 4.21 Å². The van der Waals surface area contributed by atoms with Gasteiger partial charge in [0.15, 0.2) is 0 Å². The standard InChI is InChI=1S/C24H34N4O3S2/c1-19-10-11-23(32-19)33(30,31)28-12-6-9-21(17-28)24(29)25-22(20-7-4-3-5-8-20)18-27-15-13-26(2)14-16-27/h3-5,7-8,10-11,21-22H,6,9,12-18H2,1-2H3,(H,25,29). The minimum absolute atomic E-state index is 0.0553. The summed E-state index contributed by atoms with van der Waals surface area (Å²) in [6.45, 7) is 7.36. The molecule has 0 saturated carbocycles. The quantitative estimate of drug-likeness (QED) is 0.646. The van der Waals surface area contributed by atoms with Gasteiger partial charge in [-0.25, -0.2) is 8.42 Å². The fourth-order valence-electron chi connectivity index (χ4n) is 4.55. The van der Waals surface area contributed by atoms with Crippen LogP contribution < -0.4 is 5.32 Å². The predicted molar refractivity (Wildman–Crippen MR) is 132 cm³/mol. The molecule has 1 N–H and O–H groups in total. The van der Waals surface area contributed by atoms with E-state index in [1.54, 1.807) is 6.07 Å². The number of aryl methyl sites for hydroxylation is 1. The van der Waals surface area contributed by atoms with E-state index < -0.39 is 10.0 Å². The summed E-state index contributed by atoms with van der Waals surface area (Å²) in [6, 6.07) is 13.5. The molecule has 1 aromatic heterocycles. The Morgan fingerprint density at radius 2 is 1.82 bits per heavy atom. The van der Waals surface area contributed by atoms with Gasteiger partial charge in [0.25, 0.3) is 10.0 Å². The first-order valence-corrected chi connectivity index (χ1v) is 13.9. The number of hydrogen-bond donors (Lipinski definition) is 1. The molecule has 2 unspecified atom stereocenters. The van der Waals surface area contributed by atoms with Gasteiger partial charge in [0.05, 0.1) is 12.0 Å². The molecule has 33 heavy (non-hydrogen) atoms. The predicted octanol–water partition coefficient (Wildman–Crippen LogP) is 2.56. The number of thiophene rings is 1. The van der Waals surface area contributed by atoms with Crippen molar-refractivity contribution >= 4 is 27.3 Å². The summed E-state index contributed by atoms with van der Waals surface area (Å²) in [5, 5.41) is 3.26. The fraction of sp³-hybridized carbons (Fsp3) is 0.542. The maximum atomic E-state index is 13.3. The number of hydrogen-bond acceptors (Lipinski definition) is 6. The van der Waals surface area contributed by atoms with Crippen LogP contribution in [-0.4, -0.2) is 81.3 Å². The molecule has 4 rings (SSSR count). The van der Waals surface area contributed by atoms with Crippen molar-refractivity contribution in [1.29, 1.82) is 0 Å². The lowest BCUT2D eigenvalue weighted by Gasteiger charge is -2.36. The number of piperidine rings is 1. The van der Waals surface area contributed by atoms with Gasteiger partial charge >= 0.3 is 0 Å². The monoisotopic (exact) mass is 490 g/mol. The Balaban J connectivity index is 1.44. The molecule has 2 aliphatic heterocycles. The second-order valence-electron chi connectivity index (χ2n) is 9.14. The van der Waals surface area contributed by atoms with E-state index in [0.29, 0.717) is 23.6 Å². The van der Waals surface area contributed by atoms with E-state index in [9.17, 15) is 13.2 Å². The van der Waals surface area contributed by atoms with E-state index in [-0.39, 0.29) is 24.4 Å². The summed E-state index contributed by atoms with van der Waals surface area (Å²) in [4.78, 5) is 19.0. The summed E-state index contributed by atoms with van der Waals surface area (Å²) in [5.74, 6) is -0.395. The Bertz CT molecular complexity index is 1030. The molecule has 2 atom stereocenters. The molecule has 2 aliphatic rings. The first kappa shape index (κ1) is 24.3. The Morgan fingerprint density at radius 1 is 1.09 bits per heavy atom. The number of likely N-dealkylation sites (N-methyl/N-ethyl adjacent to an activating group) is 1. The summed E-state index contributed by atoms with van der Waals surface area (Å²) in [5.41, 5.74) is 1.08. The van der Waals surface area contributed by atoms with E-state index in [1.807, 2.05) is 31.2 Å². The largest absolute Gasteiger partial charge is 0.348 e. The molecule has 1 amide bonds. The summed E-state index contributed by atoms with van der Waals surface area (Å²) >= 11 is 1.29. The third kappa shape index (κ3) is 6.02. The number of benzene rings is 1. The van der Waals surface area contributed by atoms with Gasteiger partial charge in [-0.1, -0.05) is 30.3 Å². The number of amides is 1. The Kier molecular flexibility index (Phi) is 7.86. The molecule has 0 spiro atoms. The van der Waals surface area contributed by atoms with Crippen LogP contribution >= 0.6 is 11.3 Å². The highest BCUT2D eigenvalue weighted by Crippen LogP contribution is 2.28. The van der Waals surface area contributed by atoms with Crippen LogP contribution in [0.1, 0.15) is 29.3 Å². The van der Waals surface area contributed by atoms with Crippen LogP contribution in [0.5, 0.6) is 0 Å². The maximum absolute atomic E-state index is 13.3. The first-order valence-electron chi connectivity index (χ1n) is 11.7. The van der Waals surface area contributed by atoms with Gasteiger partial charge in [0.2, 0.25) is 5.91 Å². The molecule has 2 saturated heterocycles. The topological polar surface area (TPSA) is 73.0 Å². The van der Waals surface area contributed by atoms with Gasteiger partial charge in [-0.15, -0.1) is 11.3 Å². The van der Waals surface area contributed by atoms with Gasteiger partial charge in [0, 0.05) is 50.7 Å². The zero-order chi connectivity index (χ0) is 23.4. The van der Waals surface area contributed by atoms with Crippen LogP contribution in [0.3, 0.4) is 0 Å². The van der Waals surface area contributed by atoms with Crippen molar-refractivity contribution in [1.82, 2.24) is 19.4 Å². The minimum atomic E-state index is -3.56. The molecular formula is C24H34N4O3S2. The number of rotatable bonds is 7. The van der Waals surface area contributed by atoms with Crippen LogP contribution in [-0.2, 0) is 14.8 Å². The van der Waals surface area contributed by atoms with E-state index >= 15 is 0 Å². The zero-order valence-electron chi connectivity index (χ0n) is 19.4. The van der Waals surface area contributed by atoms with Crippen LogP contribution in [0.2, 0.25) is 0 Å². The van der Waals surface area contributed by atoms with Crippen LogP contribution in [0.25, 0.3) is 0 Å². The lowest BCUT2D eigenvalue weighted by Crippen LogP contribution is -2.50. The normalized spacial score (nSPS) is 22.2. The average molecular weight is 491 g/mol. The number of sulfonamides is 1. The molecule has 7 nitrogen and oxygen atoms in total. The minimum Gasteiger partial charge on any atom is -0.348 e. The Morgan fingerprint density at radius 3 is 2.48 bits per heavy atom. The average Bonchev–Trinajstić information content (AvgIpc) is 3.28. The van der Waals surface area contributed by atoms with E-state index in [4.69, 9.17) is 0 Å². The van der Waals surface area contributed by atoms with Crippen molar-refractivity contribution in [3.05, 3.63) is 52.9 Å². The Labute approximate surface area is 201 Å². The van der Waals surface area contributed by atoms with E-state index in [2.05, 4.69) is 34.3 Å². The van der Waals surface area contributed by atoms with Gasteiger partial charge in [-0.2, -0.15) is 4.31 Å². The lowest BCUT2D eigenvalue weighted by molar-refractivity contribution is -0.127. The highest BCUT2D eigenvalue weighted by atomic mass is 32.2. The maximum Gasteiger partial charge on any atom is 0.252 e. The molecule has 180 valence electrons. The molecular weight excluding hydrogens is 456 g/mol. The van der Waals surface area contributed by atoms with Crippen molar-refractivity contribution in [2.45, 2.75) is 30.0 Å². The second kappa shape index (κ2) is 10.7. The van der Waals surface area contributed by atoms with Gasteiger partial charge in [-0.3, -0.25) is 9.69 Å². The van der Waals surface area contributed by atoms with Gasteiger partial charge < -0.3 is 10.2 Å². The Hall–Kier alpha value is -1.78. The highest BCUT2D eigenvalue weighted by Gasteiger charge is 2.35. The van der Waals surface area contributed by atoms with E-state index in [0.717, 1.165) is 43.2 Å². The fourth-order valence-corrected chi connectivity index (χ4v) is 7.51. The molecule has 9 heteroatoms. The van der Waals surface area contributed by atoms with Crippen molar-refractivity contribution < 1.29 is 13.2 Å². The van der Waals surface area contributed by atoms with E-state index in [1.165, 1.54) is 15.6 Å². The first-order chi connectivity index (χ1) is 15.8. The third-order valence-corrected chi connectivity index (χ3v) is 9.95. The summed E-state index contributed by atoms with van der Waals surface area (Å²) < 4.78 is 28.0.